The molecule has 3 aromatic rings. The van der Waals surface area contributed by atoms with Gasteiger partial charge in [0.25, 0.3) is 5.91 Å². The molecular formula is C25H20ClF4N3O3. The maximum atomic E-state index is 14.5. The van der Waals surface area contributed by atoms with E-state index in [4.69, 9.17) is 11.6 Å². The van der Waals surface area contributed by atoms with Crippen LogP contribution in [0, 0.1) is 23.3 Å². The van der Waals surface area contributed by atoms with Crippen LogP contribution in [0.15, 0.2) is 42.5 Å². The molecule has 0 saturated heterocycles. The molecule has 1 unspecified atom stereocenters. The summed E-state index contributed by atoms with van der Waals surface area (Å²) in [5, 5.41) is 12.0. The van der Waals surface area contributed by atoms with E-state index in [1.807, 2.05) is 0 Å². The third kappa shape index (κ3) is 4.56. The summed E-state index contributed by atoms with van der Waals surface area (Å²) in [4.78, 5) is 28.5. The predicted molar refractivity (Wildman–Crippen MR) is 125 cm³/mol. The van der Waals surface area contributed by atoms with Crippen LogP contribution in [0.1, 0.15) is 40.0 Å². The van der Waals surface area contributed by atoms with Crippen molar-refractivity contribution in [3.8, 4) is 5.75 Å². The summed E-state index contributed by atoms with van der Waals surface area (Å²) in [7, 11) is 1.57. The first-order chi connectivity index (χ1) is 17.0. The number of phenolic OH excluding ortho intramolecular Hbond substituents is 1. The molecule has 0 radical (unpaired) electrons. The highest BCUT2D eigenvalue weighted by Crippen LogP contribution is 2.39. The van der Waals surface area contributed by atoms with E-state index in [1.54, 1.807) is 20.0 Å². The van der Waals surface area contributed by atoms with Crippen LogP contribution in [0.2, 0.25) is 5.02 Å². The Labute approximate surface area is 208 Å². The fourth-order valence-electron chi connectivity index (χ4n) is 3.99. The zero-order valence-electron chi connectivity index (χ0n) is 19.1. The SMILES string of the molecule is CC1c2ccc(C(=O)NCc3c(F)cc(F)cc3F)cc2N(Cc2c(F)ccc(O)c2Cl)C(=O)N1C. The van der Waals surface area contributed by atoms with Gasteiger partial charge < -0.3 is 15.3 Å². The summed E-state index contributed by atoms with van der Waals surface area (Å²) in [6.45, 7) is 0.897. The van der Waals surface area contributed by atoms with Crippen molar-refractivity contribution in [2.24, 2.45) is 0 Å². The molecule has 36 heavy (non-hydrogen) atoms. The molecule has 0 aliphatic carbocycles. The summed E-state index contributed by atoms with van der Waals surface area (Å²) in [6, 6.07) is 6.75. The molecule has 188 valence electrons. The van der Waals surface area contributed by atoms with Crippen molar-refractivity contribution in [2.45, 2.75) is 26.1 Å². The van der Waals surface area contributed by atoms with E-state index in [0.717, 1.165) is 12.1 Å². The number of aromatic hydroxyl groups is 1. The van der Waals surface area contributed by atoms with Crippen LogP contribution < -0.4 is 10.2 Å². The van der Waals surface area contributed by atoms with Crippen molar-refractivity contribution in [1.82, 2.24) is 10.2 Å². The van der Waals surface area contributed by atoms with Crippen molar-refractivity contribution < 1.29 is 32.3 Å². The quantitative estimate of drug-likeness (QED) is 0.425. The van der Waals surface area contributed by atoms with Gasteiger partial charge in [-0.2, -0.15) is 0 Å². The molecule has 1 heterocycles. The Morgan fingerprint density at radius 1 is 1.03 bits per heavy atom. The number of anilines is 1. The second-order valence-corrected chi connectivity index (χ2v) is 8.70. The Hall–Kier alpha value is -3.79. The standard InChI is InChI=1S/C25H20ClF4N3O3/c1-12-15-4-3-13(24(35)31-10-16-19(29)8-14(27)9-20(16)30)7-21(15)33(25(36)32(12)2)11-17-18(28)5-6-22(34)23(17)26/h3-9,12,34H,10-11H2,1-2H3,(H,31,35). The number of benzene rings is 3. The summed E-state index contributed by atoms with van der Waals surface area (Å²) in [6.07, 6.45) is 0. The molecular weight excluding hydrogens is 502 g/mol. The molecule has 1 atom stereocenters. The number of hydrogen-bond acceptors (Lipinski definition) is 3. The fourth-order valence-corrected chi connectivity index (χ4v) is 4.21. The Kier molecular flexibility index (Phi) is 6.81. The van der Waals surface area contributed by atoms with Gasteiger partial charge >= 0.3 is 6.03 Å². The monoisotopic (exact) mass is 521 g/mol. The number of hydrogen-bond donors (Lipinski definition) is 2. The maximum absolute atomic E-state index is 14.5. The number of phenols is 1. The second-order valence-electron chi connectivity index (χ2n) is 8.32. The lowest BCUT2D eigenvalue weighted by Gasteiger charge is -2.39. The molecule has 11 heteroatoms. The van der Waals surface area contributed by atoms with Crippen LogP contribution in [0.3, 0.4) is 0 Å². The molecule has 1 aliphatic rings. The first-order valence-electron chi connectivity index (χ1n) is 10.7. The lowest BCUT2D eigenvalue weighted by molar-refractivity contribution is 0.0950. The van der Waals surface area contributed by atoms with Gasteiger partial charge in [0.05, 0.1) is 23.3 Å². The Balaban J connectivity index is 1.67. The number of urea groups is 1. The van der Waals surface area contributed by atoms with Crippen molar-refractivity contribution in [3.05, 3.63) is 93.0 Å². The highest BCUT2D eigenvalue weighted by Gasteiger charge is 2.34. The highest BCUT2D eigenvalue weighted by atomic mass is 35.5. The molecule has 0 bridgehead atoms. The van der Waals surface area contributed by atoms with Gasteiger partial charge in [0, 0.05) is 42.4 Å². The van der Waals surface area contributed by atoms with Crippen LogP contribution in [0.25, 0.3) is 0 Å². The van der Waals surface area contributed by atoms with Gasteiger partial charge in [-0.25, -0.2) is 22.4 Å². The molecule has 3 aromatic carbocycles. The molecule has 4 rings (SSSR count). The van der Waals surface area contributed by atoms with Crippen LogP contribution in [0.4, 0.5) is 28.0 Å². The van der Waals surface area contributed by atoms with Gasteiger partial charge in [0.1, 0.15) is 29.0 Å². The third-order valence-corrected chi connectivity index (χ3v) is 6.58. The van der Waals surface area contributed by atoms with Gasteiger partial charge in [0.2, 0.25) is 0 Å². The van der Waals surface area contributed by atoms with Crippen molar-refractivity contribution in [3.63, 3.8) is 0 Å². The topological polar surface area (TPSA) is 72.9 Å². The van der Waals surface area contributed by atoms with Gasteiger partial charge in [-0.15, -0.1) is 0 Å². The molecule has 0 saturated carbocycles. The number of carbonyl (C=O) groups is 2. The molecule has 2 N–H and O–H groups in total. The molecule has 0 aromatic heterocycles. The minimum absolute atomic E-state index is 0.0636. The van der Waals surface area contributed by atoms with Gasteiger partial charge in [-0.1, -0.05) is 17.7 Å². The summed E-state index contributed by atoms with van der Waals surface area (Å²) in [5.74, 6) is -5.16. The summed E-state index contributed by atoms with van der Waals surface area (Å²) >= 11 is 6.08. The van der Waals surface area contributed by atoms with E-state index in [1.165, 1.54) is 21.9 Å². The zero-order chi connectivity index (χ0) is 26.3. The van der Waals surface area contributed by atoms with E-state index >= 15 is 0 Å². The normalized spacial score (nSPS) is 15.2. The van der Waals surface area contributed by atoms with Crippen LogP contribution >= 0.6 is 11.6 Å². The summed E-state index contributed by atoms with van der Waals surface area (Å²) in [5.41, 5.74) is 0.394. The first kappa shape index (κ1) is 25.3. The molecule has 0 fully saturated rings. The predicted octanol–water partition coefficient (Wildman–Crippen LogP) is 5.67. The Morgan fingerprint density at radius 2 is 1.69 bits per heavy atom. The molecule has 3 amide bonds. The minimum atomic E-state index is -1.14. The smallest absolute Gasteiger partial charge is 0.325 e. The van der Waals surface area contributed by atoms with Crippen LogP contribution in [-0.4, -0.2) is 29.0 Å². The minimum Gasteiger partial charge on any atom is -0.506 e. The lowest BCUT2D eigenvalue weighted by atomic mass is 9.98. The van der Waals surface area contributed by atoms with E-state index in [0.29, 0.717) is 23.4 Å². The van der Waals surface area contributed by atoms with Crippen LogP contribution in [-0.2, 0) is 13.1 Å². The number of rotatable bonds is 5. The van der Waals surface area contributed by atoms with Gasteiger partial charge in [-0.05, 0) is 36.8 Å². The van der Waals surface area contributed by atoms with E-state index in [-0.39, 0.29) is 34.5 Å². The molecule has 0 spiro atoms. The maximum Gasteiger partial charge on any atom is 0.325 e. The largest absolute Gasteiger partial charge is 0.506 e. The average molecular weight is 522 g/mol. The number of nitrogens with zero attached hydrogens (tertiary/aromatic N) is 2. The Bertz CT molecular complexity index is 1360. The van der Waals surface area contributed by atoms with Crippen molar-refractivity contribution >= 4 is 29.2 Å². The van der Waals surface area contributed by atoms with Crippen molar-refractivity contribution in [1.29, 1.82) is 0 Å². The molecule has 6 nitrogen and oxygen atoms in total. The zero-order valence-corrected chi connectivity index (χ0v) is 19.8. The van der Waals surface area contributed by atoms with E-state index in [9.17, 15) is 32.3 Å². The average Bonchev–Trinajstić information content (AvgIpc) is 2.83. The van der Waals surface area contributed by atoms with Crippen LogP contribution in [0.5, 0.6) is 5.75 Å². The third-order valence-electron chi connectivity index (χ3n) is 6.16. The number of fused-ring (bicyclic) bond motifs is 1. The van der Waals surface area contributed by atoms with Gasteiger partial charge in [-0.3, -0.25) is 9.69 Å². The Morgan fingerprint density at radius 3 is 2.36 bits per heavy atom. The van der Waals surface area contributed by atoms with Gasteiger partial charge in [0.15, 0.2) is 0 Å². The van der Waals surface area contributed by atoms with E-state index in [2.05, 4.69) is 5.32 Å². The van der Waals surface area contributed by atoms with E-state index < -0.39 is 47.3 Å². The number of carbonyl (C=O) groups excluding carboxylic acids is 2. The summed E-state index contributed by atoms with van der Waals surface area (Å²) < 4.78 is 55.5. The lowest BCUT2D eigenvalue weighted by Crippen LogP contribution is -2.46. The number of amides is 3. The first-order valence-corrected chi connectivity index (χ1v) is 11.1. The second kappa shape index (κ2) is 9.69. The van der Waals surface area contributed by atoms with Crippen molar-refractivity contribution in [2.75, 3.05) is 11.9 Å². The number of halogens is 5. The highest BCUT2D eigenvalue weighted by molar-refractivity contribution is 6.32. The molecule has 1 aliphatic heterocycles. The number of nitrogens with one attached hydrogen (secondary N) is 1. The fraction of sp³-hybridized carbons (Fsp3) is 0.200.